The van der Waals surface area contributed by atoms with E-state index in [9.17, 15) is 18.3 Å². The number of alkyl halides is 3. The standard InChI is InChI=1S/C22H21F3N4O/c23-22(24,25)18-5-3-16(4-6-18)19-12-20(29-10-7-15(14-30)8-11-29)28-21(27-19)17-2-1-9-26-13-17/h1-6,9,12-13,15,30H,7-8,10-11,14H2. The van der Waals surface area contributed by atoms with Gasteiger partial charge in [0.2, 0.25) is 0 Å². The fraction of sp³-hybridized carbons (Fsp3) is 0.318. The lowest BCUT2D eigenvalue weighted by Gasteiger charge is -2.32. The van der Waals surface area contributed by atoms with E-state index in [1.807, 2.05) is 12.1 Å². The average Bonchev–Trinajstić information content (AvgIpc) is 2.79. The third kappa shape index (κ3) is 4.43. The van der Waals surface area contributed by atoms with Crippen LogP contribution in [-0.2, 0) is 6.18 Å². The molecule has 0 bridgehead atoms. The van der Waals surface area contributed by atoms with Crippen molar-refractivity contribution in [3.63, 3.8) is 0 Å². The van der Waals surface area contributed by atoms with Crippen LogP contribution < -0.4 is 4.90 Å². The zero-order chi connectivity index (χ0) is 21.1. The summed E-state index contributed by atoms with van der Waals surface area (Å²) < 4.78 is 38.8. The highest BCUT2D eigenvalue weighted by molar-refractivity contribution is 5.68. The van der Waals surface area contributed by atoms with Crippen molar-refractivity contribution in [2.75, 3.05) is 24.6 Å². The third-order valence-corrected chi connectivity index (χ3v) is 5.34. The number of aromatic nitrogens is 3. The number of aliphatic hydroxyl groups is 1. The lowest BCUT2D eigenvalue weighted by Crippen LogP contribution is -2.35. The van der Waals surface area contributed by atoms with Crippen molar-refractivity contribution in [3.05, 3.63) is 60.4 Å². The monoisotopic (exact) mass is 414 g/mol. The predicted octanol–water partition coefficient (Wildman–Crippen LogP) is 4.43. The molecule has 4 rings (SSSR count). The van der Waals surface area contributed by atoms with Crippen LogP contribution >= 0.6 is 0 Å². The highest BCUT2D eigenvalue weighted by atomic mass is 19.4. The Balaban J connectivity index is 1.72. The van der Waals surface area contributed by atoms with Crippen molar-refractivity contribution in [2.24, 2.45) is 5.92 Å². The number of aliphatic hydroxyl groups excluding tert-OH is 1. The van der Waals surface area contributed by atoms with Crippen molar-refractivity contribution < 1.29 is 18.3 Å². The molecule has 0 unspecified atom stereocenters. The van der Waals surface area contributed by atoms with Crippen molar-refractivity contribution in [2.45, 2.75) is 19.0 Å². The molecule has 30 heavy (non-hydrogen) atoms. The van der Waals surface area contributed by atoms with Gasteiger partial charge < -0.3 is 10.0 Å². The van der Waals surface area contributed by atoms with Crippen molar-refractivity contribution in [3.8, 4) is 22.6 Å². The second-order valence-electron chi connectivity index (χ2n) is 7.36. The molecule has 8 heteroatoms. The van der Waals surface area contributed by atoms with Gasteiger partial charge in [0, 0.05) is 49.3 Å². The lowest BCUT2D eigenvalue weighted by atomic mass is 9.98. The van der Waals surface area contributed by atoms with E-state index >= 15 is 0 Å². The van der Waals surface area contributed by atoms with Crippen LogP contribution in [0.3, 0.4) is 0 Å². The Hall–Kier alpha value is -3.00. The molecule has 1 saturated heterocycles. The van der Waals surface area contributed by atoms with Crippen LogP contribution in [0.5, 0.6) is 0 Å². The largest absolute Gasteiger partial charge is 0.416 e. The highest BCUT2D eigenvalue weighted by Gasteiger charge is 2.30. The number of anilines is 1. The number of nitrogens with zero attached hydrogens (tertiary/aromatic N) is 4. The predicted molar refractivity (Wildman–Crippen MR) is 108 cm³/mol. The summed E-state index contributed by atoms with van der Waals surface area (Å²) in [4.78, 5) is 15.5. The van der Waals surface area contributed by atoms with E-state index in [-0.39, 0.29) is 12.5 Å². The maximum absolute atomic E-state index is 12.9. The van der Waals surface area contributed by atoms with Crippen LogP contribution in [0.2, 0.25) is 0 Å². The van der Waals surface area contributed by atoms with Gasteiger partial charge in [0.1, 0.15) is 5.82 Å². The van der Waals surface area contributed by atoms with Gasteiger partial charge in [-0.3, -0.25) is 4.98 Å². The number of piperidine rings is 1. The van der Waals surface area contributed by atoms with Crippen LogP contribution in [0.1, 0.15) is 18.4 Å². The normalized spacial score (nSPS) is 15.4. The molecule has 1 aliphatic rings. The van der Waals surface area contributed by atoms with Gasteiger partial charge in [0.15, 0.2) is 5.82 Å². The summed E-state index contributed by atoms with van der Waals surface area (Å²) >= 11 is 0. The Morgan fingerprint density at radius 1 is 1.00 bits per heavy atom. The van der Waals surface area contributed by atoms with Gasteiger partial charge in [-0.25, -0.2) is 9.97 Å². The molecule has 1 N–H and O–H groups in total. The Bertz CT molecular complexity index is 986. The number of halogens is 3. The van der Waals surface area contributed by atoms with Crippen molar-refractivity contribution in [1.29, 1.82) is 0 Å². The molecule has 5 nitrogen and oxygen atoms in total. The maximum atomic E-state index is 12.9. The summed E-state index contributed by atoms with van der Waals surface area (Å²) in [6.45, 7) is 1.68. The van der Waals surface area contributed by atoms with Gasteiger partial charge in [-0.2, -0.15) is 13.2 Å². The fourth-order valence-corrected chi connectivity index (χ4v) is 3.54. The molecule has 3 aromatic rings. The van der Waals surface area contributed by atoms with Crippen LogP contribution in [-0.4, -0.2) is 39.8 Å². The first-order valence-electron chi connectivity index (χ1n) is 9.77. The van der Waals surface area contributed by atoms with Gasteiger partial charge in [-0.05, 0) is 43.0 Å². The van der Waals surface area contributed by atoms with Gasteiger partial charge in [0.25, 0.3) is 0 Å². The van der Waals surface area contributed by atoms with Crippen LogP contribution in [0, 0.1) is 5.92 Å². The van der Waals surface area contributed by atoms with E-state index in [0.717, 1.165) is 49.4 Å². The molecule has 0 saturated carbocycles. The molecule has 1 aromatic carbocycles. The molecular formula is C22H21F3N4O. The van der Waals surface area contributed by atoms with E-state index in [1.54, 1.807) is 18.5 Å². The van der Waals surface area contributed by atoms with Gasteiger partial charge in [0.05, 0.1) is 11.3 Å². The van der Waals surface area contributed by atoms with E-state index in [0.29, 0.717) is 17.1 Å². The molecule has 0 radical (unpaired) electrons. The summed E-state index contributed by atoms with van der Waals surface area (Å²) in [5.41, 5.74) is 1.18. The molecule has 156 valence electrons. The second kappa shape index (κ2) is 8.39. The molecule has 1 fully saturated rings. The van der Waals surface area contributed by atoms with E-state index in [4.69, 9.17) is 4.98 Å². The summed E-state index contributed by atoms with van der Waals surface area (Å²) in [6, 6.07) is 10.4. The molecule has 0 spiro atoms. The second-order valence-corrected chi connectivity index (χ2v) is 7.36. The molecule has 2 aromatic heterocycles. The third-order valence-electron chi connectivity index (χ3n) is 5.34. The average molecular weight is 414 g/mol. The number of benzene rings is 1. The minimum atomic E-state index is -4.38. The highest BCUT2D eigenvalue weighted by Crippen LogP contribution is 2.32. The van der Waals surface area contributed by atoms with E-state index < -0.39 is 11.7 Å². The number of hydrogen-bond acceptors (Lipinski definition) is 5. The Morgan fingerprint density at radius 2 is 1.73 bits per heavy atom. The van der Waals surface area contributed by atoms with Crippen LogP contribution in [0.15, 0.2) is 54.9 Å². The van der Waals surface area contributed by atoms with Crippen LogP contribution in [0.4, 0.5) is 19.0 Å². The maximum Gasteiger partial charge on any atom is 0.416 e. The summed E-state index contributed by atoms with van der Waals surface area (Å²) in [6.07, 6.45) is 0.654. The van der Waals surface area contributed by atoms with Crippen molar-refractivity contribution >= 4 is 5.82 Å². The number of hydrogen-bond donors (Lipinski definition) is 1. The Kier molecular flexibility index (Phi) is 5.67. The van der Waals surface area contributed by atoms with Gasteiger partial charge in [-0.1, -0.05) is 12.1 Å². The Morgan fingerprint density at radius 3 is 2.33 bits per heavy atom. The topological polar surface area (TPSA) is 62.1 Å². The van der Waals surface area contributed by atoms with Gasteiger partial charge >= 0.3 is 6.18 Å². The zero-order valence-electron chi connectivity index (χ0n) is 16.2. The molecule has 3 heterocycles. The molecule has 1 aliphatic heterocycles. The SMILES string of the molecule is OCC1CCN(c2cc(-c3ccc(C(F)(F)F)cc3)nc(-c3cccnc3)n2)CC1. The fourth-order valence-electron chi connectivity index (χ4n) is 3.54. The molecule has 0 amide bonds. The summed E-state index contributed by atoms with van der Waals surface area (Å²) in [5.74, 6) is 1.48. The molecular weight excluding hydrogens is 393 g/mol. The van der Waals surface area contributed by atoms with Gasteiger partial charge in [-0.15, -0.1) is 0 Å². The van der Waals surface area contributed by atoms with Crippen LogP contribution in [0.25, 0.3) is 22.6 Å². The number of pyridine rings is 1. The zero-order valence-corrected chi connectivity index (χ0v) is 16.2. The summed E-state index contributed by atoms with van der Waals surface area (Å²) in [7, 11) is 0. The number of rotatable bonds is 4. The van der Waals surface area contributed by atoms with Crippen molar-refractivity contribution in [1.82, 2.24) is 15.0 Å². The van der Waals surface area contributed by atoms with E-state index in [2.05, 4.69) is 14.9 Å². The van der Waals surface area contributed by atoms with E-state index in [1.165, 1.54) is 12.1 Å². The Labute approximate surface area is 172 Å². The minimum Gasteiger partial charge on any atom is -0.396 e. The summed E-state index contributed by atoms with van der Waals surface area (Å²) in [5, 5.41) is 9.38. The quantitative estimate of drug-likeness (QED) is 0.684. The molecule has 0 atom stereocenters. The first-order valence-corrected chi connectivity index (χ1v) is 9.77. The first kappa shape index (κ1) is 20.3. The smallest absolute Gasteiger partial charge is 0.396 e. The molecule has 0 aliphatic carbocycles. The minimum absolute atomic E-state index is 0.176. The lowest BCUT2D eigenvalue weighted by molar-refractivity contribution is -0.137. The first-order chi connectivity index (χ1) is 14.4.